The summed E-state index contributed by atoms with van der Waals surface area (Å²) in [5.74, 6) is -0.765. The molecule has 0 aliphatic heterocycles. The van der Waals surface area contributed by atoms with Crippen LogP contribution in [0.2, 0.25) is 0 Å². The van der Waals surface area contributed by atoms with Crippen LogP contribution in [0.25, 0.3) is 0 Å². The van der Waals surface area contributed by atoms with Crippen LogP contribution in [-0.2, 0) is 31.9 Å². The van der Waals surface area contributed by atoms with Crippen LogP contribution in [0.4, 0.5) is 0 Å². The van der Waals surface area contributed by atoms with Crippen LogP contribution in [0.15, 0.2) is 0 Å². The van der Waals surface area contributed by atoms with E-state index in [-0.39, 0.29) is 34.9 Å². The third-order valence-corrected chi connectivity index (χ3v) is 1.17. The van der Waals surface area contributed by atoms with E-state index in [1.54, 1.807) is 7.11 Å². The van der Waals surface area contributed by atoms with E-state index in [0.29, 0.717) is 6.42 Å². The summed E-state index contributed by atoms with van der Waals surface area (Å²) in [6, 6.07) is 0. The van der Waals surface area contributed by atoms with Crippen molar-refractivity contribution in [2.45, 2.75) is 25.9 Å². The molecule has 0 rings (SSSR count). The third-order valence-electron chi connectivity index (χ3n) is 1.17. The van der Waals surface area contributed by atoms with Gasteiger partial charge in [-0.15, -0.1) is 0 Å². The minimum absolute atomic E-state index is 0. The maximum atomic E-state index is 9.96. The Morgan fingerprint density at radius 3 is 2.50 bits per heavy atom. The van der Waals surface area contributed by atoms with Crippen LogP contribution in [-0.4, -0.2) is 24.3 Å². The maximum absolute atomic E-state index is 9.96. The topological polar surface area (TPSA) is 46.5 Å². The van der Waals surface area contributed by atoms with E-state index >= 15 is 0 Å². The van der Waals surface area contributed by atoms with E-state index in [1.165, 1.54) is 0 Å². The summed E-state index contributed by atoms with van der Waals surface area (Å²) < 4.78 is 4.84. The van der Waals surface area contributed by atoms with E-state index in [4.69, 9.17) is 9.84 Å². The zero-order chi connectivity index (χ0) is 7.28. The Labute approximate surface area is 76.3 Å². The van der Waals surface area contributed by atoms with Gasteiger partial charge < -0.3 is 9.84 Å². The molecule has 1 atom stereocenters. The molecule has 0 aliphatic carbocycles. The number of carboxylic acid groups (broad SMARTS) is 1. The normalized spacial score (nSPS) is 11.8. The van der Waals surface area contributed by atoms with Gasteiger partial charge in [0.2, 0.25) is 0 Å². The molecule has 1 unspecified atom stereocenters. The average molecular weight is 240 g/mol. The summed E-state index contributed by atoms with van der Waals surface area (Å²) in [6.07, 6.45) is 0.835. The Bertz CT molecular complexity index is 95.0. The van der Waals surface area contributed by atoms with E-state index < -0.39 is 5.97 Å². The molecule has 0 aromatic carbocycles. The van der Waals surface area contributed by atoms with Crippen molar-refractivity contribution in [1.82, 2.24) is 0 Å². The van der Waals surface area contributed by atoms with Crippen LogP contribution in [0.5, 0.6) is 0 Å². The van der Waals surface area contributed by atoms with Gasteiger partial charge in [-0.3, -0.25) is 4.79 Å². The van der Waals surface area contributed by atoms with Gasteiger partial charge in [-0.2, -0.15) is 0 Å². The molecule has 0 aliphatic rings. The quantitative estimate of drug-likeness (QED) is 0.742. The number of rotatable bonds is 4. The van der Waals surface area contributed by atoms with Crippen molar-refractivity contribution < 1.29 is 37.0 Å². The van der Waals surface area contributed by atoms with Gasteiger partial charge in [-0.25, -0.2) is 0 Å². The standard InChI is InChI=1S/C6H12O3.Ag/c1-5(9-2)3-4-6(7)8;/h5H,3-4H2,1-2H3,(H,7,8);. The first-order valence-electron chi connectivity index (χ1n) is 2.91. The third kappa shape index (κ3) is 8.17. The predicted octanol–water partition coefficient (Wildman–Crippen LogP) is 0.884. The number of carbonyl (C=O) groups is 1. The fraction of sp³-hybridized carbons (Fsp3) is 0.833. The fourth-order valence-corrected chi connectivity index (χ4v) is 0.445. The van der Waals surface area contributed by atoms with Gasteiger partial charge in [0, 0.05) is 35.9 Å². The Kier molecular flexibility index (Phi) is 9.33. The minimum atomic E-state index is -0.765. The Morgan fingerprint density at radius 1 is 1.70 bits per heavy atom. The summed E-state index contributed by atoms with van der Waals surface area (Å²) in [6.45, 7) is 1.85. The van der Waals surface area contributed by atoms with Gasteiger partial charge in [0.1, 0.15) is 0 Å². The maximum Gasteiger partial charge on any atom is 0.303 e. The number of hydrogen-bond donors (Lipinski definition) is 1. The van der Waals surface area contributed by atoms with E-state index in [1.807, 2.05) is 6.92 Å². The van der Waals surface area contributed by atoms with Crippen molar-refractivity contribution in [2.75, 3.05) is 7.11 Å². The average Bonchev–Trinajstić information content (AvgIpc) is 1.83. The summed E-state index contributed by atoms with van der Waals surface area (Å²) in [7, 11) is 1.58. The first-order valence-corrected chi connectivity index (χ1v) is 2.91. The molecule has 4 heteroatoms. The number of hydrogen-bond acceptors (Lipinski definition) is 2. The number of ether oxygens (including phenoxy) is 1. The summed E-state index contributed by atoms with van der Waals surface area (Å²) in [4.78, 5) is 9.96. The van der Waals surface area contributed by atoms with Crippen molar-refractivity contribution in [1.29, 1.82) is 0 Å². The van der Waals surface area contributed by atoms with Gasteiger partial charge in [-0.1, -0.05) is 0 Å². The van der Waals surface area contributed by atoms with Crippen molar-refractivity contribution >= 4 is 5.97 Å². The summed E-state index contributed by atoms with van der Waals surface area (Å²) in [5.41, 5.74) is 0. The molecule has 1 N–H and O–H groups in total. The Morgan fingerprint density at radius 2 is 2.20 bits per heavy atom. The molecule has 0 fully saturated rings. The van der Waals surface area contributed by atoms with Crippen molar-refractivity contribution in [3.8, 4) is 0 Å². The Balaban J connectivity index is 0. The van der Waals surface area contributed by atoms with Gasteiger partial charge in [0.05, 0.1) is 6.10 Å². The molecule has 10 heavy (non-hydrogen) atoms. The molecule has 0 spiro atoms. The van der Waals surface area contributed by atoms with Gasteiger partial charge >= 0.3 is 5.97 Å². The van der Waals surface area contributed by atoms with Crippen LogP contribution in [0.1, 0.15) is 19.8 Å². The predicted molar refractivity (Wildman–Crippen MR) is 33.3 cm³/mol. The van der Waals surface area contributed by atoms with Crippen LogP contribution >= 0.6 is 0 Å². The monoisotopic (exact) mass is 239 g/mol. The fourth-order valence-electron chi connectivity index (χ4n) is 0.445. The molecular weight excluding hydrogens is 228 g/mol. The van der Waals surface area contributed by atoms with Crippen LogP contribution in [0.3, 0.4) is 0 Å². The van der Waals surface area contributed by atoms with Gasteiger partial charge in [0.25, 0.3) is 0 Å². The molecule has 0 saturated carbocycles. The zero-order valence-corrected chi connectivity index (χ0v) is 7.54. The largest absolute Gasteiger partial charge is 0.481 e. The molecule has 0 aromatic heterocycles. The number of carboxylic acids is 1. The minimum Gasteiger partial charge on any atom is -0.481 e. The second kappa shape index (κ2) is 7.28. The number of aliphatic carboxylic acids is 1. The van der Waals surface area contributed by atoms with E-state index in [0.717, 1.165) is 0 Å². The molecule has 0 bridgehead atoms. The summed E-state index contributed by atoms with van der Waals surface area (Å²) in [5, 5.41) is 8.20. The Hall–Kier alpha value is 0.170. The zero-order valence-electron chi connectivity index (χ0n) is 6.06. The molecule has 65 valence electrons. The first kappa shape index (κ1) is 12.8. The van der Waals surface area contributed by atoms with Gasteiger partial charge in [0.15, 0.2) is 0 Å². The van der Waals surface area contributed by atoms with Gasteiger partial charge in [-0.05, 0) is 13.3 Å². The molecule has 3 nitrogen and oxygen atoms in total. The molecule has 0 amide bonds. The van der Waals surface area contributed by atoms with Crippen LogP contribution < -0.4 is 0 Å². The molecule has 0 aromatic rings. The summed E-state index contributed by atoms with van der Waals surface area (Å²) >= 11 is 0. The van der Waals surface area contributed by atoms with E-state index in [9.17, 15) is 4.79 Å². The molecular formula is C6H12AgO3. The van der Waals surface area contributed by atoms with Crippen molar-refractivity contribution in [3.05, 3.63) is 0 Å². The second-order valence-electron chi connectivity index (χ2n) is 1.98. The SMILES string of the molecule is COC(C)CCC(=O)O.[Ag]. The number of methoxy groups -OCH3 is 1. The van der Waals surface area contributed by atoms with Crippen molar-refractivity contribution in [3.63, 3.8) is 0 Å². The molecule has 1 radical (unpaired) electrons. The first-order chi connectivity index (χ1) is 4.16. The molecule has 0 saturated heterocycles. The smallest absolute Gasteiger partial charge is 0.303 e. The second-order valence-corrected chi connectivity index (χ2v) is 1.98. The van der Waals surface area contributed by atoms with Crippen LogP contribution in [0, 0.1) is 0 Å². The molecule has 0 heterocycles. The van der Waals surface area contributed by atoms with E-state index in [2.05, 4.69) is 0 Å². The van der Waals surface area contributed by atoms with Crippen molar-refractivity contribution in [2.24, 2.45) is 0 Å².